The van der Waals surface area contributed by atoms with Crippen LogP contribution in [0.3, 0.4) is 0 Å². The predicted molar refractivity (Wildman–Crippen MR) is 98.7 cm³/mol. The van der Waals surface area contributed by atoms with Crippen LogP contribution in [0.1, 0.15) is 32.6 Å². The van der Waals surface area contributed by atoms with Gasteiger partial charge in [0.2, 0.25) is 5.91 Å². The summed E-state index contributed by atoms with van der Waals surface area (Å²) in [7, 11) is 3.56. The van der Waals surface area contributed by atoms with Crippen molar-refractivity contribution >= 4 is 17.7 Å². The molecule has 0 saturated heterocycles. The number of ether oxygens (including phenoxy) is 1. The van der Waals surface area contributed by atoms with E-state index < -0.39 is 0 Å². The Labute approximate surface area is 152 Å². The van der Waals surface area contributed by atoms with Gasteiger partial charge in [0.25, 0.3) is 0 Å². The molecule has 134 valence electrons. The Morgan fingerprint density at radius 2 is 1.96 bits per heavy atom. The fourth-order valence-corrected chi connectivity index (χ4v) is 3.83. The van der Waals surface area contributed by atoms with Crippen LogP contribution in [0.4, 0.5) is 0 Å². The second-order valence-electron chi connectivity index (χ2n) is 6.34. The highest BCUT2D eigenvalue weighted by molar-refractivity contribution is 8.00. The number of hydrogen-bond acceptors (Lipinski definition) is 5. The fraction of sp³-hybridized carbons (Fsp3) is 0.500. The number of carbonyl (C=O) groups excluding carboxylic acids is 1. The minimum Gasteiger partial charge on any atom is -0.497 e. The summed E-state index contributed by atoms with van der Waals surface area (Å²) < 4.78 is 7.11. The summed E-state index contributed by atoms with van der Waals surface area (Å²) in [6.45, 7) is 1.91. The van der Waals surface area contributed by atoms with Crippen molar-refractivity contribution in [1.82, 2.24) is 20.1 Å². The van der Waals surface area contributed by atoms with E-state index in [2.05, 4.69) is 15.5 Å². The topological polar surface area (TPSA) is 69.0 Å². The average molecular weight is 360 g/mol. The third kappa shape index (κ3) is 4.15. The summed E-state index contributed by atoms with van der Waals surface area (Å²) in [5, 5.41) is 12.2. The van der Waals surface area contributed by atoms with Crippen molar-refractivity contribution in [2.24, 2.45) is 7.05 Å². The largest absolute Gasteiger partial charge is 0.497 e. The average Bonchev–Trinajstić information content (AvgIpc) is 3.25. The lowest BCUT2D eigenvalue weighted by molar-refractivity contribution is -0.120. The van der Waals surface area contributed by atoms with Gasteiger partial charge in [0, 0.05) is 18.7 Å². The molecule has 1 fully saturated rings. The zero-order valence-corrected chi connectivity index (χ0v) is 15.7. The summed E-state index contributed by atoms with van der Waals surface area (Å²) in [4.78, 5) is 12.4. The molecule has 1 aliphatic rings. The molecular weight excluding hydrogens is 336 g/mol. The number of thioether (sulfide) groups is 1. The SMILES string of the molecule is COc1ccc(-c2nnc(SC(C)C(=O)NC3CCCC3)n2C)cc1. The number of amides is 1. The Hall–Kier alpha value is -2.02. The molecule has 0 aliphatic heterocycles. The molecule has 1 N–H and O–H groups in total. The first-order valence-electron chi connectivity index (χ1n) is 8.59. The molecule has 1 aromatic carbocycles. The van der Waals surface area contributed by atoms with Gasteiger partial charge in [-0.15, -0.1) is 10.2 Å². The van der Waals surface area contributed by atoms with Crippen LogP contribution in [0.5, 0.6) is 5.75 Å². The molecule has 1 saturated carbocycles. The van der Waals surface area contributed by atoms with Gasteiger partial charge < -0.3 is 14.6 Å². The number of benzene rings is 1. The molecule has 0 spiro atoms. The van der Waals surface area contributed by atoms with E-state index in [1.807, 2.05) is 42.8 Å². The first-order valence-corrected chi connectivity index (χ1v) is 9.47. The van der Waals surface area contributed by atoms with Gasteiger partial charge >= 0.3 is 0 Å². The van der Waals surface area contributed by atoms with Crippen molar-refractivity contribution in [2.45, 2.75) is 49.1 Å². The lowest BCUT2D eigenvalue weighted by Crippen LogP contribution is -2.37. The van der Waals surface area contributed by atoms with Gasteiger partial charge in [0.05, 0.1) is 12.4 Å². The van der Waals surface area contributed by atoms with Crippen molar-refractivity contribution < 1.29 is 9.53 Å². The van der Waals surface area contributed by atoms with Gasteiger partial charge in [-0.25, -0.2) is 0 Å². The molecule has 1 atom stereocenters. The van der Waals surface area contributed by atoms with Crippen molar-refractivity contribution in [3.8, 4) is 17.1 Å². The quantitative estimate of drug-likeness (QED) is 0.802. The van der Waals surface area contributed by atoms with Crippen LogP contribution in [0, 0.1) is 0 Å². The highest BCUT2D eigenvalue weighted by Gasteiger charge is 2.23. The van der Waals surface area contributed by atoms with Gasteiger partial charge in [0.1, 0.15) is 5.75 Å². The van der Waals surface area contributed by atoms with Crippen LogP contribution in [0.15, 0.2) is 29.4 Å². The minimum absolute atomic E-state index is 0.0749. The fourth-order valence-electron chi connectivity index (χ4n) is 3.01. The van der Waals surface area contributed by atoms with Crippen molar-refractivity contribution in [3.63, 3.8) is 0 Å². The van der Waals surface area contributed by atoms with E-state index in [1.54, 1.807) is 7.11 Å². The van der Waals surface area contributed by atoms with Crippen LogP contribution in [0.25, 0.3) is 11.4 Å². The molecule has 1 aliphatic carbocycles. The summed E-state index contributed by atoms with van der Waals surface area (Å²) in [5.74, 6) is 1.65. The first kappa shape index (κ1) is 17.8. The Morgan fingerprint density at radius 1 is 1.28 bits per heavy atom. The van der Waals surface area contributed by atoms with E-state index in [0.29, 0.717) is 6.04 Å². The Morgan fingerprint density at radius 3 is 2.60 bits per heavy atom. The number of carbonyl (C=O) groups is 1. The first-order chi connectivity index (χ1) is 12.1. The summed E-state index contributed by atoms with van der Waals surface area (Å²) in [6, 6.07) is 8.04. The van der Waals surface area contributed by atoms with Gasteiger partial charge in [-0.2, -0.15) is 0 Å². The Kier molecular flexibility index (Phi) is 5.63. The van der Waals surface area contributed by atoms with E-state index in [1.165, 1.54) is 24.6 Å². The second kappa shape index (κ2) is 7.91. The number of nitrogens with one attached hydrogen (secondary N) is 1. The molecule has 1 aromatic heterocycles. The van der Waals surface area contributed by atoms with E-state index in [-0.39, 0.29) is 11.2 Å². The number of methoxy groups -OCH3 is 1. The van der Waals surface area contributed by atoms with Crippen LogP contribution in [-0.2, 0) is 11.8 Å². The van der Waals surface area contributed by atoms with E-state index in [0.717, 1.165) is 35.1 Å². The molecule has 1 heterocycles. The summed E-state index contributed by atoms with van der Waals surface area (Å²) in [6.07, 6.45) is 4.60. The zero-order chi connectivity index (χ0) is 17.8. The molecule has 3 rings (SSSR count). The number of rotatable bonds is 6. The monoisotopic (exact) mass is 360 g/mol. The van der Waals surface area contributed by atoms with Crippen molar-refractivity contribution in [3.05, 3.63) is 24.3 Å². The number of aromatic nitrogens is 3. The minimum atomic E-state index is -0.202. The van der Waals surface area contributed by atoms with Gasteiger partial charge in [-0.05, 0) is 44.0 Å². The third-order valence-corrected chi connectivity index (χ3v) is 5.67. The highest BCUT2D eigenvalue weighted by atomic mass is 32.2. The molecule has 6 nitrogen and oxygen atoms in total. The van der Waals surface area contributed by atoms with E-state index >= 15 is 0 Å². The van der Waals surface area contributed by atoms with Crippen molar-refractivity contribution in [1.29, 1.82) is 0 Å². The number of nitrogens with zero attached hydrogens (tertiary/aromatic N) is 3. The zero-order valence-electron chi connectivity index (χ0n) is 14.9. The molecule has 0 radical (unpaired) electrons. The van der Waals surface area contributed by atoms with Gasteiger partial charge in [0.15, 0.2) is 11.0 Å². The van der Waals surface area contributed by atoms with Crippen LogP contribution >= 0.6 is 11.8 Å². The Bertz CT molecular complexity index is 723. The Balaban J connectivity index is 1.66. The second-order valence-corrected chi connectivity index (χ2v) is 7.65. The smallest absolute Gasteiger partial charge is 0.233 e. The molecule has 1 unspecified atom stereocenters. The maximum atomic E-state index is 12.4. The maximum Gasteiger partial charge on any atom is 0.233 e. The van der Waals surface area contributed by atoms with Gasteiger partial charge in [-0.3, -0.25) is 4.79 Å². The molecule has 2 aromatic rings. The van der Waals surface area contributed by atoms with Gasteiger partial charge in [-0.1, -0.05) is 24.6 Å². The molecule has 25 heavy (non-hydrogen) atoms. The van der Waals surface area contributed by atoms with E-state index in [9.17, 15) is 4.79 Å². The normalized spacial score (nSPS) is 16.0. The van der Waals surface area contributed by atoms with Crippen LogP contribution < -0.4 is 10.1 Å². The molecular formula is C18H24N4O2S. The van der Waals surface area contributed by atoms with E-state index in [4.69, 9.17) is 4.74 Å². The maximum absolute atomic E-state index is 12.4. The molecule has 0 bridgehead atoms. The van der Waals surface area contributed by atoms with Crippen LogP contribution in [-0.4, -0.2) is 39.1 Å². The highest BCUT2D eigenvalue weighted by Crippen LogP contribution is 2.27. The summed E-state index contributed by atoms with van der Waals surface area (Å²) in [5.41, 5.74) is 0.964. The van der Waals surface area contributed by atoms with Crippen molar-refractivity contribution in [2.75, 3.05) is 7.11 Å². The number of hydrogen-bond donors (Lipinski definition) is 1. The lowest BCUT2D eigenvalue weighted by atomic mass is 10.2. The molecule has 7 heteroatoms. The lowest BCUT2D eigenvalue weighted by Gasteiger charge is -2.16. The summed E-state index contributed by atoms with van der Waals surface area (Å²) >= 11 is 1.44. The van der Waals surface area contributed by atoms with Crippen LogP contribution in [0.2, 0.25) is 0 Å². The predicted octanol–water partition coefficient (Wildman–Crippen LogP) is 3.03. The third-order valence-electron chi connectivity index (χ3n) is 4.54. The standard InChI is InChI=1S/C18H24N4O2S/c1-12(17(23)19-14-6-4-5-7-14)25-18-21-20-16(22(18)2)13-8-10-15(24-3)11-9-13/h8-12,14H,4-7H2,1-3H3,(H,19,23). The molecule has 1 amide bonds.